The van der Waals surface area contributed by atoms with Crippen molar-refractivity contribution in [3.63, 3.8) is 0 Å². The second kappa shape index (κ2) is 7.47. The fourth-order valence-electron chi connectivity index (χ4n) is 4.36. The van der Waals surface area contributed by atoms with Gasteiger partial charge in [0, 0.05) is 30.6 Å². The molecule has 1 aliphatic heterocycles. The summed E-state index contributed by atoms with van der Waals surface area (Å²) in [5, 5.41) is 15.1. The first-order valence-electron chi connectivity index (χ1n) is 9.79. The lowest BCUT2D eigenvalue weighted by molar-refractivity contribution is -0.144. The summed E-state index contributed by atoms with van der Waals surface area (Å²) in [6.07, 6.45) is 4.44. The summed E-state index contributed by atoms with van der Waals surface area (Å²) in [7, 11) is 0. The molecule has 1 saturated carbocycles. The number of amides is 1. The van der Waals surface area contributed by atoms with E-state index < -0.39 is 5.60 Å². The second-order valence-corrected chi connectivity index (χ2v) is 7.86. The van der Waals surface area contributed by atoms with E-state index >= 15 is 0 Å². The van der Waals surface area contributed by atoms with Crippen LogP contribution in [0.1, 0.15) is 32.1 Å². The minimum absolute atomic E-state index is 0.106. The standard InChI is InChI=1S/C21H24FN3O3/c22-17-6-4-15(5-7-17)18-8-9-19(26)25(23-18)14-20(27)24-12-11-21(28)10-2-1-3-16(21)13-24/h4-9,16,28H,1-3,10-14H2/t16-,21+/m0/s1. The maximum atomic E-state index is 13.1. The third kappa shape index (κ3) is 3.71. The Morgan fingerprint density at radius 2 is 1.96 bits per heavy atom. The number of carbonyl (C=O) groups is 1. The van der Waals surface area contributed by atoms with Crippen LogP contribution >= 0.6 is 0 Å². The van der Waals surface area contributed by atoms with E-state index in [1.165, 1.54) is 18.2 Å². The zero-order valence-electron chi connectivity index (χ0n) is 15.7. The highest BCUT2D eigenvalue weighted by Crippen LogP contribution is 2.39. The molecule has 28 heavy (non-hydrogen) atoms. The molecule has 1 amide bonds. The summed E-state index contributed by atoms with van der Waals surface area (Å²) in [6, 6.07) is 8.77. The first-order valence-corrected chi connectivity index (χ1v) is 9.79. The summed E-state index contributed by atoms with van der Waals surface area (Å²) in [5.41, 5.74) is 0.179. The number of likely N-dealkylation sites (tertiary alicyclic amines) is 1. The minimum atomic E-state index is -0.646. The number of rotatable bonds is 3. The molecule has 1 aromatic carbocycles. The van der Waals surface area contributed by atoms with Crippen LogP contribution in [-0.2, 0) is 11.3 Å². The molecule has 0 spiro atoms. The van der Waals surface area contributed by atoms with Crippen LogP contribution in [-0.4, -0.2) is 44.4 Å². The van der Waals surface area contributed by atoms with Crippen LogP contribution in [0.3, 0.4) is 0 Å². The van der Waals surface area contributed by atoms with Crippen LogP contribution in [0.15, 0.2) is 41.2 Å². The van der Waals surface area contributed by atoms with Crippen molar-refractivity contribution >= 4 is 5.91 Å². The number of nitrogens with zero attached hydrogens (tertiary/aromatic N) is 3. The number of carbonyl (C=O) groups excluding carboxylic acids is 1. The molecular weight excluding hydrogens is 361 g/mol. The van der Waals surface area contributed by atoms with Gasteiger partial charge in [0.15, 0.2) is 0 Å². The average Bonchev–Trinajstić information content (AvgIpc) is 2.69. The van der Waals surface area contributed by atoms with Gasteiger partial charge in [-0.05, 0) is 49.6 Å². The lowest BCUT2D eigenvalue weighted by Crippen LogP contribution is -2.55. The van der Waals surface area contributed by atoms with Gasteiger partial charge in [0.2, 0.25) is 5.91 Å². The molecule has 1 aromatic heterocycles. The van der Waals surface area contributed by atoms with Crippen LogP contribution in [0.5, 0.6) is 0 Å². The zero-order valence-corrected chi connectivity index (χ0v) is 15.7. The third-order valence-electron chi connectivity index (χ3n) is 6.07. The number of fused-ring (bicyclic) bond motifs is 1. The molecule has 7 heteroatoms. The van der Waals surface area contributed by atoms with Gasteiger partial charge >= 0.3 is 0 Å². The summed E-state index contributed by atoms with van der Waals surface area (Å²) in [6.45, 7) is 0.888. The quantitative estimate of drug-likeness (QED) is 0.879. The highest BCUT2D eigenvalue weighted by molar-refractivity contribution is 5.76. The maximum Gasteiger partial charge on any atom is 0.267 e. The SMILES string of the molecule is O=C(Cn1nc(-c2ccc(F)cc2)ccc1=O)N1CC[C@]2(O)CCCC[C@H]2C1. The Bertz CT molecular complexity index is 927. The second-order valence-electron chi connectivity index (χ2n) is 7.86. The van der Waals surface area contributed by atoms with E-state index in [1.54, 1.807) is 23.1 Å². The summed E-state index contributed by atoms with van der Waals surface area (Å²) in [5.74, 6) is -0.410. The highest BCUT2D eigenvalue weighted by Gasteiger charge is 2.43. The smallest absolute Gasteiger partial charge is 0.267 e. The van der Waals surface area contributed by atoms with E-state index in [4.69, 9.17) is 0 Å². The predicted molar refractivity (Wildman–Crippen MR) is 102 cm³/mol. The normalized spacial score (nSPS) is 24.6. The van der Waals surface area contributed by atoms with E-state index in [9.17, 15) is 19.1 Å². The van der Waals surface area contributed by atoms with Gasteiger partial charge in [-0.3, -0.25) is 9.59 Å². The monoisotopic (exact) mass is 385 g/mol. The summed E-state index contributed by atoms with van der Waals surface area (Å²) >= 11 is 0. The number of halogens is 1. The highest BCUT2D eigenvalue weighted by atomic mass is 19.1. The molecule has 4 rings (SSSR count). The average molecular weight is 385 g/mol. The van der Waals surface area contributed by atoms with Crippen LogP contribution in [0, 0.1) is 11.7 Å². The number of hydrogen-bond acceptors (Lipinski definition) is 4. The van der Waals surface area contributed by atoms with Crippen LogP contribution < -0.4 is 5.56 Å². The van der Waals surface area contributed by atoms with Crippen molar-refractivity contribution in [2.24, 2.45) is 5.92 Å². The lowest BCUT2D eigenvalue weighted by Gasteiger charge is -2.47. The van der Waals surface area contributed by atoms with E-state index in [0.29, 0.717) is 30.8 Å². The Hall–Kier alpha value is -2.54. The molecule has 1 aliphatic carbocycles. The molecule has 148 valence electrons. The molecule has 1 saturated heterocycles. The fraction of sp³-hybridized carbons (Fsp3) is 0.476. The topological polar surface area (TPSA) is 75.4 Å². The molecule has 6 nitrogen and oxygen atoms in total. The summed E-state index contributed by atoms with van der Waals surface area (Å²) in [4.78, 5) is 26.7. The van der Waals surface area contributed by atoms with E-state index in [-0.39, 0.29) is 29.7 Å². The molecule has 2 aliphatic rings. The van der Waals surface area contributed by atoms with E-state index in [0.717, 1.165) is 30.4 Å². The van der Waals surface area contributed by atoms with Gasteiger partial charge in [-0.25, -0.2) is 9.07 Å². The van der Waals surface area contributed by atoms with Crippen LogP contribution in [0.2, 0.25) is 0 Å². The third-order valence-corrected chi connectivity index (χ3v) is 6.07. The molecular formula is C21H24FN3O3. The largest absolute Gasteiger partial charge is 0.389 e. The first kappa shape index (κ1) is 18.8. The van der Waals surface area contributed by atoms with Crippen molar-refractivity contribution in [3.8, 4) is 11.3 Å². The van der Waals surface area contributed by atoms with Crippen molar-refractivity contribution in [2.75, 3.05) is 13.1 Å². The molecule has 1 N–H and O–H groups in total. The molecule has 2 aromatic rings. The van der Waals surface area contributed by atoms with Gasteiger partial charge in [-0.1, -0.05) is 12.8 Å². The van der Waals surface area contributed by atoms with Gasteiger partial charge in [0.05, 0.1) is 11.3 Å². The number of aliphatic hydroxyl groups is 1. The number of hydrogen-bond donors (Lipinski definition) is 1. The van der Waals surface area contributed by atoms with E-state index in [1.807, 2.05) is 0 Å². The summed E-state index contributed by atoms with van der Waals surface area (Å²) < 4.78 is 14.3. The van der Waals surface area contributed by atoms with E-state index in [2.05, 4.69) is 5.10 Å². The Morgan fingerprint density at radius 3 is 2.75 bits per heavy atom. The van der Waals surface area contributed by atoms with Gasteiger partial charge in [-0.2, -0.15) is 5.10 Å². The predicted octanol–water partition coefficient (Wildman–Crippen LogP) is 2.20. The number of aromatic nitrogens is 2. The van der Waals surface area contributed by atoms with Crippen molar-refractivity contribution in [1.82, 2.24) is 14.7 Å². The van der Waals surface area contributed by atoms with Crippen molar-refractivity contribution in [3.05, 3.63) is 52.6 Å². The van der Waals surface area contributed by atoms with Gasteiger partial charge in [0.1, 0.15) is 12.4 Å². The molecule has 0 bridgehead atoms. The van der Waals surface area contributed by atoms with Crippen molar-refractivity contribution in [2.45, 2.75) is 44.2 Å². The molecule has 0 unspecified atom stereocenters. The van der Waals surface area contributed by atoms with Crippen molar-refractivity contribution in [1.29, 1.82) is 0 Å². The Labute approximate surface area is 162 Å². The zero-order chi connectivity index (χ0) is 19.7. The number of benzene rings is 1. The Kier molecular flexibility index (Phi) is 5.02. The van der Waals surface area contributed by atoms with Gasteiger partial charge < -0.3 is 10.0 Å². The number of piperidine rings is 1. The Balaban J connectivity index is 1.49. The van der Waals surface area contributed by atoms with Crippen LogP contribution in [0.4, 0.5) is 4.39 Å². The lowest BCUT2D eigenvalue weighted by atomic mass is 9.71. The molecule has 2 atom stereocenters. The molecule has 2 heterocycles. The fourth-order valence-corrected chi connectivity index (χ4v) is 4.36. The first-order chi connectivity index (χ1) is 13.4. The van der Waals surface area contributed by atoms with Gasteiger partial charge in [0.25, 0.3) is 5.56 Å². The minimum Gasteiger partial charge on any atom is -0.389 e. The molecule has 2 fully saturated rings. The van der Waals surface area contributed by atoms with Gasteiger partial charge in [-0.15, -0.1) is 0 Å². The molecule has 0 radical (unpaired) electrons. The Morgan fingerprint density at radius 1 is 1.18 bits per heavy atom. The maximum absolute atomic E-state index is 13.1. The van der Waals surface area contributed by atoms with Crippen molar-refractivity contribution < 1.29 is 14.3 Å². The van der Waals surface area contributed by atoms with Crippen LogP contribution in [0.25, 0.3) is 11.3 Å².